The number of aromatic nitrogens is 2. The van der Waals surface area contributed by atoms with Gasteiger partial charge in [-0.1, -0.05) is 18.2 Å². The van der Waals surface area contributed by atoms with Gasteiger partial charge in [-0.3, -0.25) is 9.59 Å². The minimum absolute atomic E-state index is 0.125. The number of H-pyrrole nitrogens is 1. The van der Waals surface area contributed by atoms with Crippen LogP contribution in [0.15, 0.2) is 47.4 Å². The molecule has 1 aliphatic rings. The lowest BCUT2D eigenvalue weighted by Gasteiger charge is -2.27. The van der Waals surface area contributed by atoms with Crippen LogP contribution in [0.1, 0.15) is 21.5 Å². The van der Waals surface area contributed by atoms with Crippen molar-refractivity contribution < 1.29 is 9.53 Å². The number of nitrogens with zero attached hydrogens (tertiary/aromatic N) is 2. The lowest BCUT2D eigenvalue weighted by molar-refractivity contribution is 0.0303. The zero-order chi connectivity index (χ0) is 22.0. The molecular weight excluding hydrogens is 394 g/mol. The maximum absolute atomic E-state index is 12.7. The number of aryl methyl sites for hydroxylation is 1. The Morgan fingerprint density at radius 3 is 2.71 bits per heavy atom. The Labute approximate surface area is 180 Å². The van der Waals surface area contributed by atoms with Crippen molar-refractivity contribution in [1.29, 1.82) is 0 Å². The van der Waals surface area contributed by atoms with Crippen molar-refractivity contribution >= 4 is 23.1 Å². The van der Waals surface area contributed by atoms with Gasteiger partial charge in [-0.25, -0.2) is 4.98 Å². The molecule has 3 aromatic rings. The summed E-state index contributed by atoms with van der Waals surface area (Å²) in [6, 6.07) is 11.0. The van der Waals surface area contributed by atoms with Crippen LogP contribution in [-0.2, 0) is 4.74 Å². The van der Waals surface area contributed by atoms with Crippen LogP contribution >= 0.6 is 0 Å². The largest absolute Gasteiger partial charge is 0.398 e. The lowest BCUT2D eigenvalue weighted by Crippen LogP contribution is -2.40. The molecule has 8 nitrogen and oxygen atoms in total. The van der Waals surface area contributed by atoms with Crippen molar-refractivity contribution in [2.45, 2.75) is 13.8 Å². The highest BCUT2D eigenvalue weighted by Gasteiger charge is 2.20. The fourth-order valence-corrected chi connectivity index (χ4v) is 3.57. The second-order valence-electron chi connectivity index (χ2n) is 7.54. The van der Waals surface area contributed by atoms with Crippen LogP contribution in [0.25, 0.3) is 11.3 Å². The van der Waals surface area contributed by atoms with Gasteiger partial charge in [0.15, 0.2) is 5.82 Å². The summed E-state index contributed by atoms with van der Waals surface area (Å²) >= 11 is 0. The Kier molecular flexibility index (Phi) is 5.73. The highest BCUT2D eigenvalue weighted by molar-refractivity contribution is 6.00. The predicted molar refractivity (Wildman–Crippen MR) is 121 cm³/mol. The Balaban J connectivity index is 1.59. The molecule has 4 N–H and O–H groups in total. The summed E-state index contributed by atoms with van der Waals surface area (Å²) in [4.78, 5) is 34.0. The van der Waals surface area contributed by atoms with E-state index in [4.69, 9.17) is 10.5 Å². The second kappa shape index (κ2) is 8.61. The van der Waals surface area contributed by atoms with E-state index in [0.717, 1.165) is 16.7 Å². The molecule has 0 radical (unpaired) electrons. The van der Waals surface area contributed by atoms with Crippen LogP contribution in [0.4, 0.5) is 17.2 Å². The molecule has 160 valence electrons. The summed E-state index contributed by atoms with van der Waals surface area (Å²) < 4.78 is 5.29. The van der Waals surface area contributed by atoms with Gasteiger partial charge in [-0.05, 0) is 43.2 Å². The van der Waals surface area contributed by atoms with Crippen molar-refractivity contribution in [2.24, 2.45) is 0 Å². The first kappa shape index (κ1) is 20.6. The van der Waals surface area contributed by atoms with Crippen molar-refractivity contribution in [3.8, 4) is 11.3 Å². The van der Waals surface area contributed by atoms with Crippen LogP contribution in [0.3, 0.4) is 0 Å². The number of nitrogens with two attached hydrogens (primary N) is 1. The van der Waals surface area contributed by atoms with E-state index in [0.29, 0.717) is 48.9 Å². The Hall–Kier alpha value is -3.65. The third kappa shape index (κ3) is 4.29. The molecule has 2 heterocycles. The normalized spacial score (nSPS) is 13.8. The van der Waals surface area contributed by atoms with Gasteiger partial charge in [0, 0.05) is 36.2 Å². The molecular formula is C23H25N5O3. The van der Waals surface area contributed by atoms with Crippen LogP contribution in [0.5, 0.6) is 0 Å². The van der Waals surface area contributed by atoms with Gasteiger partial charge >= 0.3 is 0 Å². The van der Waals surface area contributed by atoms with E-state index in [2.05, 4.69) is 15.3 Å². The zero-order valence-electron chi connectivity index (χ0n) is 17.6. The Morgan fingerprint density at radius 2 is 1.97 bits per heavy atom. The smallest absolute Gasteiger partial charge is 0.291 e. The lowest BCUT2D eigenvalue weighted by atomic mass is 10.0. The van der Waals surface area contributed by atoms with Gasteiger partial charge in [-0.2, -0.15) is 0 Å². The van der Waals surface area contributed by atoms with E-state index in [-0.39, 0.29) is 17.3 Å². The molecule has 1 fully saturated rings. The monoisotopic (exact) mass is 419 g/mol. The van der Waals surface area contributed by atoms with Crippen LogP contribution in [0.2, 0.25) is 0 Å². The van der Waals surface area contributed by atoms with Gasteiger partial charge in [0.25, 0.3) is 11.5 Å². The van der Waals surface area contributed by atoms with Gasteiger partial charge in [0.1, 0.15) is 0 Å². The fourth-order valence-electron chi connectivity index (χ4n) is 3.57. The molecule has 0 atom stereocenters. The predicted octanol–water partition coefficient (Wildman–Crippen LogP) is 2.85. The molecule has 0 saturated carbocycles. The number of nitrogen functional groups attached to an aromatic ring is 1. The minimum Gasteiger partial charge on any atom is -0.398 e. The number of hydrogen-bond acceptors (Lipinski definition) is 6. The number of carbonyl (C=O) groups excluding carboxylic acids is 1. The number of anilines is 3. The highest BCUT2D eigenvalue weighted by atomic mass is 16.5. The molecule has 1 amide bonds. The molecule has 0 bridgehead atoms. The first-order valence-corrected chi connectivity index (χ1v) is 10.1. The molecule has 2 aromatic carbocycles. The summed E-state index contributed by atoms with van der Waals surface area (Å²) in [5, 5.41) is 3.02. The Bertz CT molecular complexity index is 1180. The third-order valence-corrected chi connectivity index (χ3v) is 5.51. The van der Waals surface area contributed by atoms with E-state index in [1.165, 1.54) is 0 Å². The highest BCUT2D eigenvalue weighted by Crippen LogP contribution is 2.25. The third-order valence-electron chi connectivity index (χ3n) is 5.51. The number of aromatic amines is 1. The number of morpholine rings is 1. The van der Waals surface area contributed by atoms with E-state index in [9.17, 15) is 9.59 Å². The molecule has 0 unspecified atom stereocenters. The summed E-state index contributed by atoms with van der Waals surface area (Å²) in [5.41, 5.74) is 11.0. The summed E-state index contributed by atoms with van der Waals surface area (Å²) in [7, 11) is 0. The zero-order valence-corrected chi connectivity index (χ0v) is 17.6. The number of carbonyl (C=O) groups is 1. The molecule has 1 aromatic heterocycles. The van der Waals surface area contributed by atoms with E-state index in [1.54, 1.807) is 29.3 Å². The van der Waals surface area contributed by atoms with Crippen LogP contribution in [-0.4, -0.2) is 47.1 Å². The molecule has 0 spiro atoms. The van der Waals surface area contributed by atoms with Gasteiger partial charge in [0.05, 0.1) is 24.5 Å². The molecule has 4 rings (SSSR count). The maximum Gasteiger partial charge on any atom is 0.291 e. The number of amides is 1. The summed E-state index contributed by atoms with van der Waals surface area (Å²) in [5.74, 6) is 0.0327. The summed E-state index contributed by atoms with van der Waals surface area (Å²) in [6.07, 6.45) is 1.60. The molecule has 31 heavy (non-hydrogen) atoms. The SMILES string of the molecule is Cc1cccc(-c2c[nH]c(=O)c(Nc3ccc(C(=O)N4CCOCC4)c(N)c3)n2)c1C. The number of hydrogen-bond donors (Lipinski definition) is 3. The Morgan fingerprint density at radius 1 is 1.19 bits per heavy atom. The van der Waals surface area contributed by atoms with Gasteiger partial charge in [-0.15, -0.1) is 0 Å². The maximum atomic E-state index is 12.7. The van der Waals surface area contributed by atoms with Gasteiger partial charge in [0.2, 0.25) is 0 Å². The number of ether oxygens (including phenoxy) is 1. The average molecular weight is 419 g/mol. The standard InChI is InChI=1S/C23H25N5O3/c1-14-4-3-5-17(15(14)2)20-13-25-22(29)21(27-20)26-16-6-7-18(19(24)12-16)23(30)28-8-10-31-11-9-28/h3-7,12-13H,8-11,24H2,1-2H3,(H,25,29)(H,26,27). The number of rotatable bonds is 4. The number of nitrogens with one attached hydrogen (secondary N) is 2. The molecule has 1 saturated heterocycles. The van der Waals surface area contributed by atoms with Crippen LogP contribution in [0, 0.1) is 13.8 Å². The van der Waals surface area contributed by atoms with Crippen molar-refractivity contribution in [3.63, 3.8) is 0 Å². The second-order valence-corrected chi connectivity index (χ2v) is 7.54. The topological polar surface area (TPSA) is 113 Å². The van der Waals surface area contributed by atoms with E-state index < -0.39 is 0 Å². The van der Waals surface area contributed by atoms with Crippen molar-refractivity contribution in [1.82, 2.24) is 14.9 Å². The summed E-state index contributed by atoms with van der Waals surface area (Å²) in [6.45, 7) is 6.19. The van der Waals surface area contributed by atoms with E-state index in [1.807, 2.05) is 32.0 Å². The van der Waals surface area contributed by atoms with Crippen LogP contribution < -0.4 is 16.6 Å². The average Bonchev–Trinajstić information content (AvgIpc) is 2.77. The van der Waals surface area contributed by atoms with E-state index >= 15 is 0 Å². The quantitative estimate of drug-likeness (QED) is 0.561. The first-order chi connectivity index (χ1) is 14.9. The number of benzene rings is 2. The minimum atomic E-state index is -0.346. The molecule has 0 aliphatic carbocycles. The first-order valence-electron chi connectivity index (χ1n) is 10.1. The van der Waals surface area contributed by atoms with Gasteiger partial charge < -0.3 is 25.7 Å². The van der Waals surface area contributed by atoms with Crippen molar-refractivity contribution in [2.75, 3.05) is 37.4 Å². The molecule has 8 heteroatoms. The molecule has 1 aliphatic heterocycles. The van der Waals surface area contributed by atoms with Crippen molar-refractivity contribution in [3.05, 3.63) is 69.6 Å². The fraction of sp³-hybridized carbons (Fsp3) is 0.261.